The number of carbonyl (C=O) groups is 1. The van der Waals surface area contributed by atoms with Gasteiger partial charge in [-0.25, -0.2) is 0 Å². The highest BCUT2D eigenvalue weighted by Crippen LogP contribution is 2.16. The van der Waals surface area contributed by atoms with Crippen LogP contribution in [0.15, 0.2) is 42.5 Å². The van der Waals surface area contributed by atoms with Gasteiger partial charge in [-0.1, -0.05) is 30.4 Å². The lowest BCUT2D eigenvalue weighted by Crippen LogP contribution is -2.46. The smallest absolute Gasteiger partial charge is 0.245 e. The number of thiocarbonyl (C=S) groups is 1. The number of carbonyl (C=O) groups excluding carboxylic acids is 1. The molecule has 1 aromatic carbocycles. The molecule has 0 aliphatic heterocycles. The van der Waals surface area contributed by atoms with Gasteiger partial charge in [-0.05, 0) is 43.6 Å². The van der Waals surface area contributed by atoms with Crippen molar-refractivity contribution in [2.75, 3.05) is 5.32 Å². The Bertz CT molecular complexity index is 473. The maximum atomic E-state index is 11.8. The molecule has 1 amide bonds. The lowest BCUT2D eigenvalue weighted by Gasteiger charge is -2.17. The molecule has 1 aliphatic carbocycles. The molecule has 19 heavy (non-hydrogen) atoms. The highest BCUT2D eigenvalue weighted by atomic mass is 32.1. The standard InChI is InChI=1S/C14H17N3OS/c18-13(11-7-3-1-4-8-11)16-17-14(19)15-12-9-5-2-6-10-12/h2-3,5-7,9-11H,1,4,8H2,(H,16,18)(H2,15,17,19). The molecule has 1 aliphatic rings. The van der Waals surface area contributed by atoms with Gasteiger partial charge < -0.3 is 5.32 Å². The van der Waals surface area contributed by atoms with Crippen LogP contribution in [0.25, 0.3) is 0 Å². The average molecular weight is 275 g/mol. The van der Waals surface area contributed by atoms with Crippen LogP contribution in [0.3, 0.4) is 0 Å². The third-order valence-electron chi connectivity index (χ3n) is 2.92. The molecule has 100 valence electrons. The molecule has 0 saturated carbocycles. The van der Waals surface area contributed by atoms with Crippen molar-refractivity contribution in [3.63, 3.8) is 0 Å². The first kappa shape index (κ1) is 13.5. The largest absolute Gasteiger partial charge is 0.331 e. The number of amides is 1. The summed E-state index contributed by atoms with van der Waals surface area (Å²) >= 11 is 5.10. The van der Waals surface area contributed by atoms with Crippen LogP contribution in [0.1, 0.15) is 19.3 Å². The predicted molar refractivity (Wildman–Crippen MR) is 80.4 cm³/mol. The average Bonchev–Trinajstić information content (AvgIpc) is 2.47. The molecule has 0 saturated heterocycles. The number of para-hydroxylation sites is 1. The summed E-state index contributed by atoms with van der Waals surface area (Å²) in [5.74, 6) is -0.103. The van der Waals surface area contributed by atoms with Crippen LogP contribution in [0.5, 0.6) is 0 Å². The predicted octanol–water partition coefficient (Wildman–Crippen LogP) is 2.36. The van der Waals surface area contributed by atoms with Gasteiger partial charge in [0.25, 0.3) is 0 Å². The second kappa shape index (κ2) is 6.89. The second-order valence-electron chi connectivity index (χ2n) is 4.40. The molecule has 0 fully saturated rings. The fraction of sp³-hybridized carbons (Fsp3) is 0.286. The molecule has 1 unspecified atom stereocenters. The summed E-state index contributed by atoms with van der Waals surface area (Å²) in [6.07, 6.45) is 7.01. The third kappa shape index (κ3) is 4.37. The van der Waals surface area contributed by atoms with Crippen LogP contribution in [0.4, 0.5) is 5.69 Å². The van der Waals surface area contributed by atoms with E-state index in [9.17, 15) is 4.79 Å². The molecule has 0 aromatic heterocycles. The monoisotopic (exact) mass is 275 g/mol. The fourth-order valence-corrected chi connectivity index (χ4v) is 2.09. The van der Waals surface area contributed by atoms with Gasteiger partial charge in [0.2, 0.25) is 5.91 Å². The first-order valence-corrected chi connectivity index (χ1v) is 6.75. The number of hydrogen-bond donors (Lipinski definition) is 3. The number of nitrogens with one attached hydrogen (secondary N) is 3. The molecule has 3 N–H and O–H groups in total. The molecule has 1 atom stereocenters. The van der Waals surface area contributed by atoms with E-state index >= 15 is 0 Å². The second-order valence-corrected chi connectivity index (χ2v) is 4.81. The van der Waals surface area contributed by atoms with E-state index in [0.717, 1.165) is 24.9 Å². The minimum atomic E-state index is -0.0548. The highest BCUT2D eigenvalue weighted by molar-refractivity contribution is 7.80. The summed E-state index contributed by atoms with van der Waals surface area (Å²) < 4.78 is 0. The van der Waals surface area contributed by atoms with Crippen molar-refractivity contribution in [1.29, 1.82) is 0 Å². The van der Waals surface area contributed by atoms with Crippen LogP contribution in [-0.4, -0.2) is 11.0 Å². The van der Waals surface area contributed by atoms with Gasteiger partial charge in [-0.15, -0.1) is 0 Å². The summed E-state index contributed by atoms with van der Waals surface area (Å²) in [4.78, 5) is 11.8. The molecule has 0 radical (unpaired) electrons. The number of anilines is 1. The van der Waals surface area contributed by atoms with Crippen molar-refractivity contribution in [2.24, 2.45) is 5.92 Å². The quantitative estimate of drug-likeness (QED) is 0.440. The van der Waals surface area contributed by atoms with Gasteiger partial charge in [0, 0.05) is 5.69 Å². The van der Waals surface area contributed by atoms with Crippen molar-refractivity contribution >= 4 is 28.9 Å². The normalized spacial score (nSPS) is 17.6. The van der Waals surface area contributed by atoms with Gasteiger partial charge in [0.05, 0.1) is 5.92 Å². The van der Waals surface area contributed by atoms with Crippen molar-refractivity contribution in [3.8, 4) is 0 Å². The highest BCUT2D eigenvalue weighted by Gasteiger charge is 2.16. The molecule has 4 nitrogen and oxygen atoms in total. The zero-order valence-corrected chi connectivity index (χ0v) is 11.4. The van der Waals surface area contributed by atoms with Crippen molar-refractivity contribution in [3.05, 3.63) is 42.5 Å². The minimum absolute atomic E-state index is 0.0480. The van der Waals surface area contributed by atoms with Crippen LogP contribution >= 0.6 is 12.2 Å². The minimum Gasteiger partial charge on any atom is -0.331 e. The molecule has 0 bridgehead atoms. The molecule has 5 heteroatoms. The SMILES string of the molecule is O=C(NNC(=S)Nc1ccccc1)C1C=CCCC1. The molecular weight excluding hydrogens is 258 g/mol. The zero-order chi connectivity index (χ0) is 13.5. The van der Waals surface area contributed by atoms with Crippen LogP contribution in [0, 0.1) is 5.92 Å². The Morgan fingerprint density at radius 2 is 2.00 bits per heavy atom. The van der Waals surface area contributed by atoms with E-state index in [2.05, 4.69) is 16.2 Å². The van der Waals surface area contributed by atoms with E-state index in [0.29, 0.717) is 5.11 Å². The lowest BCUT2D eigenvalue weighted by molar-refractivity contribution is -0.124. The molecule has 0 heterocycles. The molecular formula is C14H17N3OS. The number of rotatable bonds is 2. The summed E-state index contributed by atoms with van der Waals surface area (Å²) in [6.45, 7) is 0. The van der Waals surface area contributed by atoms with E-state index in [4.69, 9.17) is 12.2 Å². The number of benzene rings is 1. The molecule has 0 spiro atoms. The Morgan fingerprint density at radius 1 is 1.21 bits per heavy atom. The Balaban J connectivity index is 1.75. The summed E-state index contributed by atoms with van der Waals surface area (Å²) in [5, 5.41) is 3.36. The number of allylic oxidation sites excluding steroid dienone is 1. The Labute approximate surface area is 118 Å². The zero-order valence-electron chi connectivity index (χ0n) is 10.6. The van der Waals surface area contributed by atoms with E-state index in [1.54, 1.807) is 0 Å². The first-order chi connectivity index (χ1) is 9.25. The topological polar surface area (TPSA) is 53.2 Å². The Hall–Kier alpha value is -1.88. The Morgan fingerprint density at radius 3 is 2.68 bits per heavy atom. The summed E-state index contributed by atoms with van der Waals surface area (Å²) in [6, 6.07) is 9.56. The van der Waals surface area contributed by atoms with Gasteiger partial charge in [0.15, 0.2) is 5.11 Å². The van der Waals surface area contributed by atoms with Crippen LogP contribution in [-0.2, 0) is 4.79 Å². The van der Waals surface area contributed by atoms with Crippen molar-refractivity contribution in [1.82, 2.24) is 10.9 Å². The molecule has 1 aromatic rings. The van der Waals surface area contributed by atoms with Crippen LogP contribution in [0.2, 0.25) is 0 Å². The third-order valence-corrected chi connectivity index (χ3v) is 3.13. The van der Waals surface area contributed by atoms with Crippen molar-refractivity contribution < 1.29 is 4.79 Å². The lowest BCUT2D eigenvalue weighted by atomic mass is 9.95. The summed E-state index contributed by atoms with van der Waals surface area (Å²) in [5.41, 5.74) is 6.22. The van der Waals surface area contributed by atoms with E-state index in [1.807, 2.05) is 42.5 Å². The first-order valence-electron chi connectivity index (χ1n) is 6.34. The van der Waals surface area contributed by atoms with Crippen molar-refractivity contribution in [2.45, 2.75) is 19.3 Å². The Kier molecular flexibility index (Phi) is 4.92. The van der Waals surface area contributed by atoms with Crippen LogP contribution < -0.4 is 16.2 Å². The number of hydrogen-bond acceptors (Lipinski definition) is 2. The van der Waals surface area contributed by atoms with Gasteiger partial charge >= 0.3 is 0 Å². The van der Waals surface area contributed by atoms with Gasteiger partial charge in [0.1, 0.15) is 0 Å². The maximum Gasteiger partial charge on any atom is 0.245 e. The van der Waals surface area contributed by atoms with E-state index in [-0.39, 0.29) is 11.8 Å². The fourth-order valence-electron chi connectivity index (χ4n) is 1.93. The van der Waals surface area contributed by atoms with Gasteiger partial charge in [-0.2, -0.15) is 0 Å². The number of hydrazine groups is 1. The maximum absolute atomic E-state index is 11.8. The van der Waals surface area contributed by atoms with E-state index < -0.39 is 0 Å². The summed E-state index contributed by atoms with van der Waals surface area (Å²) in [7, 11) is 0. The van der Waals surface area contributed by atoms with Gasteiger partial charge in [-0.3, -0.25) is 15.6 Å². The molecule has 2 rings (SSSR count). The van der Waals surface area contributed by atoms with E-state index in [1.165, 1.54) is 0 Å².